The summed E-state index contributed by atoms with van der Waals surface area (Å²) in [6, 6.07) is 1.63. The van der Waals surface area contributed by atoms with Gasteiger partial charge in [-0.2, -0.15) is 0 Å². The molecule has 10 heavy (non-hydrogen) atoms. The molecule has 1 aromatic rings. The van der Waals surface area contributed by atoms with Crippen LogP contribution < -0.4 is 0 Å². The number of ether oxygens (including phenoxy) is 1. The third-order valence-corrected chi connectivity index (χ3v) is 1.16. The molecule has 0 unspecified atom stereocenters. The van der Waals surface area contributed by atoms with Crippen LogP contribution in [0.15, 0.2) is 12.3 Å². The van der Waals surface area contributed by atoms with Gasteiger partial charge in [0.15, 0.2) is 5.82 Å². The van der Waals surface area contributed by atoms with E-state index in [1.54, 1.807) is 19.4 Å². The Kier molecular flexibility index (Phi) is 2.59. The minimum absolute atomic E-state index is 0.403. The van der Waals surface area contributed by atoms with Crippen LogP contribution in [0.2, 0.25) is 5.15 Å². The molecular formula is C6H7ClN2O. The van der Waals surface area contributed by atoms with Crippen molar-refractivity contribution in [1.82, 2.24) is 9.97 Å². The van der Waals surface area contributed by atoms with Crippen molar-refractivity contribution in [3.8, 4) is 0 Å². The van der Waals surface area contributed by atoms with Gasteiger partial charge < -0.3 is 4.74 Å². The molecule has 0 N–H and O–H groups in total. The van der Waals surface area contributed by atoms with E-state index >= 15 is 0 Å². The molecule has 1 aromatic heterocycles. The zero-order valence-electron chi connectivity index (χ0n) is 5.54. The highest BCUT2D eigenvalue weighted by molar-refractivity contribution is 6.29. The van der Waals surface area contributed by atoms with Gasteiger partial charge in [-0.3, -0.25) is 0 Å². The van der Waals surface area contributed by atoms with Crippen molar-refractivity contribution >= 4 is 11.6 Å². The molecule has 0 aromatic carbocycles. The van der Waals surface area contributed by atoms with Gasteiger partial charge in [0.25, 0.3) is 0 Å². The second-order valence-electron chi connectivity index (χ2n) is 1.73. The first-order valence-electron chi connectivity index (χ1n) is 2.79. The Labute approximate surface area is 64.0 Å². The summed E-state index contributed by atoms with van der Waals surface area (Å²) in [4.78, 5) is 7.80. The van der Waals surface area contributed by atoms with E-state index in [0.717, 1.165) is 0 Å². The van der Waals surface area contributed by atoms with Crippen LogP contribution in [0.3, 0.4) is 0 Å². The molecular weight excluding hydrogens is 152 g/mol. The fourth-order valence-corrected chi connectivity index (χ4v) is 0.727. The van der Waals surface area contributed by atoms with Gasteiger partial charge in [-0.25, -0.2) is 9.97 Å². The SMILES string of the molecule is COCc1nccc(Cl)n1. The van der Waals surface area contributed by atoms with Crippen LogP contribution in [0.1, 0.15) is 5.82 Å². The summed E-state index contributed by atoms with van der Waals surface area (Å²) in [5.74, 6) is 0.606. The zero-order chi connectivity index (χ0) is 7.40. The van der Waals surface area contributed by atoms with Crippen molar-refractivity contribution in [1.29, 1.82) is 0 Å². The summed E-state index contributed by atoms with van der Waals surface area (Å²) in [5, 5.41) is 0.446. The van der Waals surface area contributed by atoms with Crippen LogP contribution >= 0.6 is 11.6 Å². The van der Waals surface area contributed by atoms with Gasteiger partial charge in [0.05, 0.1) is 0 Å². The highest BCUT2D eigenvalue weighted by atomic mass is 35.5. The Balaban J connectivity index is 2.75. The van der Waals surface area contributed by atoms with E-state index in [1.807, 2.05) is 0 Å². The standard InChI is InChI=1S/C6H7ClN2O/c1-10-4-6-8-3-2-5(7)9-6/h2-3H,4H2,1H3. The average Bonchev–Trinajstić information content (AvgIpc) is 1.88. The summed E-state index contributed by atoms with van der Waals surface area (Å²) in [6.45, 7) is 0.403. The molecule has 1 rings (SSSR count). The van der Waals surface area contributed by atoms with Gasteiger partial charge in [0, 0.05) is 13.3 Å². The summed E-state index contributed by atoms with van der Waals surface area (Å²) < 4.78 is 4.80. The van der Waals surface area contributed by atoms with E-state index in [0.29, 0.717) is 17.6 Å². The molecule has 0 aliphatic rings. The minimum atomic E-state index is 0.403. The van der Waals surface area contributed by atoms with Gasteiger partial charge in [0.1, 0.15) is 11.8 Å². The van der Waals surface area contributed by atoms with Crippen molar-refractivity contribution in [2.24, 2.45) is 0 Å². The minimum Gasteiger partial charge on any atom is -0.377 e. The lowest BCUT2D eigenvalue weighted by molar-refractivity contribution is 0.177. The molecule has 0 fully saturated rings. The molecule has 0 aliphatic carbocycles. The van der Waals surface area contributed by atoms with E-state index in [1.165, 1.54) is 0 Å². The Morgan fingerprint density at radius 3 is 3.10 bits per heavy atom. The summed E-state index contributed by atoms with van der Waals surface area (Å²) in [6.07, 6.45) is 1.60. The van der Waals surface area contributed by atoms with Crippen molar-refractivity contribution < 1.29 is 4.74 Å². The number of nitrogens with zero attached hydrogens (tertiary/aromatic N) is 2. The Hall–Kier alpha value is -0.670. The van der Waals surface area contributed by atoms with Gasteiger partial charge in [-0.05, 0) is 6.07 Å². The van der Waals surface area contributed by atoms with Crippen LogP contribution in [-0.2, 0) is 11.3 Å². The lowest BCUT2D eigenvalue weighted by atomic mass is 10.6. The van der Waals surface area contributed by atoms with Gasteiger partial charge >= 0.3 is 0 Å². The number of hydrogen-bond donors (Lipinski definition) is 0. The predicted octanol–water partition coefficient (Wildman–Crippen LogP) is 1.28. The Morgan fingerprint density at radius 2 is 2.50 bits per heavy atom. The zero-order valence-corrected chi connectivity index (χ0v) is 6.30. The van der Waals surface area contributed by atoms with E-state index < -0.39 is 0 Å². The molecule has 0 spiro atoms. The first-order valence-corrected chi connectivity index (χ1v) is 3.17. The molecule has 3 nitrogen and oxygen atoms in total. The highest BCUT2D eigenvalue weighted by Crippen LogP contribution is 2.01. The molecule has 0 saturated heterocycles. The van der Waals surface area contributed by atoms with E-state index in [4.69, 9.17) is 16.3 Å². The van der Waals surface area contributed by atoms with Crippen LogP contribution in [0, 0.1) is 0 Å². The molecule has 0 atom stereocenters. The van der Waals surface area contributed by atoms with Crippen molar-refractivity contribution in [3.63, 3.8) is 0 Å². The Bertz CT molecular complexity index is 217. The lowest BCUT2D eigenvalue weighted by Gasteiger charge is -1.95. The second kappa shape index (κ2) is 3.49. The number of aromatic nitrogens is 2. The van der Waals surface area contributed by atoms with Crippen LogP contribution in [-0.4, -0.2) is 17.1 Å². The van der Waals surface area contributed by atoms with Gasteiger partial charge in [0.2, 0.25) is 0 Å². The number of halogens is 1. The molecule has 0 amide bonds. The third kappa shape index (κ3) is 1.93. The maximum atomic E-state index is 5.57. The Morgan fingerprint density at radius 1 is 1.70 bits per heavy atom. The van der Waals surface area contributed by atoms with Crippen molar-refractivity contribution in [2.45, 2.75) is 6.61 Å². The third-order valence-electron chi connectivity index (χ3n) is 0.945. The number of rotatable bonds is 2. The van der Waals surface area contributed by atoms with Gasteiger partial charge in [-0.15, -0.1) is 0 Å². The molecule has 0 radical (unpaired) electrons. The molecule has 4 heteroatoms. The van der Waals surface area contributed by atoms with E-state index in [2.05, 4.69) is 9.97 Å². The van der Waals surface area contributed by atoms with Crippen molar-refractivity contribution in [3.05, 3.63) is 23.2 Å². The fourth-order valence-electron chi connectivity index (χ4n) is 0.573. The topological polar surface area (TPSA) is 35.0 Å². The van der Waals surface area contributed by atoms with Crippen LogP contribution in [0.5, 0.6) is 0 Å². The molecule has 0 aliphatic heterocycles. The second-order valence-corrected chi connectivity index (χ2v) is 2.12. The number of hydrogen-bond acceptors (Lipinski definition) is 3. The molecule has 0 bridgehead atoms. The van der Waals surface area contributed by atoms with Crippen molar-refractivity contribution in [2.75, 3.05) is 7.11 Å². The van der Waals surface area contributed by atoms with Crippen LogP contribution in [0.4, 0.5) is 0 Å². The molecule has 1 heterocycles. The van der Waals surface area contributed by atoms with Crippen LogP contribution in [0.25, 0.3) is 0 Å². The first-order chi connectivity index (χ1) is 4.83. The monoisotopic (exact) mass is 158 g/mol. The maximum absolute atomic E-state index is 5.57. The smallest absolute Gasteiger partial charge is 0.155 e. The fraction of sp³-hybridized carbons (Fsp3) is 0.333. The molecule has 54 valence electrons. The summed E-state index contributed by atoms with van der Waals surface area (Å²) >= 11 is 5.57. The summed E-state index contributed by atoms with van der Waals surface area (Å²) in [5.41, 5.74) is 0. The normalized spacial score (nSPS) is 9.80. The number of methoxy groups -OCH3 is 1. The first kappa shape index (κ1) is 7.44. The van der Waals surface area contributed by atoms with Gasteiger partial charge in [-0.1, -0.05) is 11.6 Å². The maximum Gasteiger partial charge on any atom is 0.155 e. The largest absolute Gasteiger partial charge is 0.377 e. The lowest BCUT2D eigenvalue weighted by Crippen LogP contribution is -1.95. The van der Waals surface area contributed by atoms with E-state index in [9.17, 15) is 0 Å². The molecule has 0 saturated carbocycles. The predicted molar refractivity (Wildman–Crippen MR) is 37.8 cm³/mol. The average molecular weight is 159 g/mol. The van der Waals surface area contributed by atoms with E-state index in [-0.39, 0.29) is 0 Å². The quantitative estimate of drug-likeness (QED) is 0.609. The summed E-state index contributed by atoms with van der Waals surface area (Å²) in [7, 11) is 1.59. The highest BCUT2D eigenvalue weighted by Gasteiger charge is 1.93.